The summed E-state index contributed by atoms with van der Waals surface area (Å²) in [4.78, 5) is 19.0. The molecule has 0 aliphatic heterocycles. The summed E-state index contributed by atoms with van der Waals surface area (Å²) in [5.74, 6) is 0.293. The summed E-state index contributed by atoms with van der Waals surface area (Å²) in [6, 6.07) is 0. The predicted molar refractivity (Wildman–Crippen MR) is 80.5 cm³/mol. The third kappa shape index (κ3) is 13.0. The van der Waals surface area contributed by atoms with E-state index in [4.69, 9.17) is 16.1 Å². The summed E-state index contributed by atoms with van der Waals surface area (Å²) in [7, 11) is -3.46. The molecular formula is C12H29ClNO3P. The number of hydrogen-bond acceptors (Lipinski definition) is 4. The normalized spacial score (nSPS) is 12.9. The average molecular weight is 302 g/mol. The molecule has 0 spiro atoms. The van der Waals surface area contributed by atoms with Gasteiger partial charge < -0.3 is 0 Å². The Balaban J connectivity index is 3.23. The van der Waals surface area contributed by atoms with Crippen molar-refractivity contribution >= 4 is 19.5 Å². The second-order valence-corrected chi connectivity index (χ2v) is 7.20. The van der Waals surface area contributed by atoms with Gasteiger partial charge in [0.25, 0.3) is 0 Å². The zero-order valence-electron chi connectivity index (χ0n) is 11.5. The summed E-state index contributed by atoms with van der Waals surface area (Å²) < 4.78 is 4.93. The molecule has 0 atom stereocenters. The first kappa shape index (κ1) is 18.6. The minimum absolute atomic E-state index is 0.207. The van der Waals surface area contributed by atoms with Crippen molar-refractivity contribution in [3.63, 3.8) is 0 Å². The van der Waals surface area contributed by atoms with Gasteiger partial charge in [-0.05, 0) is 0 Å². The maximum absolute atomic E-state index is 9.52. The van der Waals surface area contributed by atoms with Crippen LogP contribution in [0.25, 0.3) is 0 Å². The summed E-state index contributed by atoms with van der Waals surface area (Å²) >= 11 is 5.42. The molecule has 0 saturated carbocycles. The fourth-order valence-electron chi connectivity index (χ4n) is 1.68. The van der Waals surface area contributed by atoms with Gasteiger partial charge in [0.1, 0.15) is 0 Å². The third-order valence-electron chi connectivity index (χ3n) is 2.74. The number of unbranched alkanes of at least 4 members (excludes halogenated alkanes) is 5. The molecule has 3 N–H and O–H groups in total. The van der Waals surface area contributed by atoms with Crippen LogP contribution >= 0.6 is 19.5 Å². The van der Waals surface area contributed by atoms with Crippen LogP contribution in [0.3, 0.4) is 0 Å². The molecule has 0 amide bonds. The molecule has 0 rings (SSSR count). The van der Waals surface area contributed by atoms with E-state index in [0.29, 0.717) is 18.6 Å². The molecule has 6 heteroatoms. The van der Waals surface area contributed by atoms with E-state index in [0.717, 1.165) is 13.0 Å². The molecule has 18 heavy (non-hydrogen) atoms. The first-order valence-electron chi connectivity index (χ1n) is 6.98. The van der Waals surface area contributed by atoms with Crippen molar-refractivity contribution in [3.05, 3.63) is 0 Å². The van der Waals surface area contributed by atoms with Gasteiger partial charge in [-0.3, -0.25) is 0 Å². The van der Waals surface area contributed by atoms with E-state index in [1.165, 1.54) is 32.1 Å². The van der Waals surface area contributed by atoms with E-state index >= 15 is 0 Å². The third-order valence-corrected chi connectivity index (χ3v) is 4.47. The van der Waals surface area contributed by atoms with Gasteiger partial charge in [0.15, 0.2) is 0 Å². The molecule has 0 aliphatic carbocycles. The van der Waals surface area contributed by atoms with Crippen LogP contribution in [0, 0.1) is 0 Å². The molecule has 0 unspecified atom stereocenters. The fourth-order valence-corrected chi connectivity index (χ4v) is 2.96. The second kappa shape index (κ2) is 12.6. The van der Waals surface area contributed by atoms with Gasteiger partial charge in [-0.1, -0.05) is 0 Å². The van der Waals surface area contributed by atoms with Gasteiger partial charge in [-0.2, -0.15) is 0 Å². The van der Waals surface area contributed by atoms with Gasteiger partial charge >= 0.3 is 116 Å². The van der Waals surface area contributed by atoms with Crippen LogP contribution in [0.5, 0.6) is 0 Å². The van der Waals surface area contributed by atoms with Crippen molar-refractivity contribution in [3.8, 4) is 0 Å². The van der Waals surface area contributed by atoms with Crippen LogP contribution in [0.2, 0.25) is 0 Å². The Labute approximate surface area is 117 Å². The van der Waals surface area contributed by atoms with E-state index < -0.39 is 7.94 Å². The maximum atomic E-state index is 9.52. The van der Waals surface area contributed by atoms with E-state index in [1.807, 2.05) is 0 Å². The second-order valence-electron chi connectivity index (χ2n) is 4.55. The number of nitrogens with one attached hydrogen (secondary N) is 1. The Morgan fingerprint density at radius 1 is 1.06 bits per heavy atom. The first-order valence-corrected chi connectivity index (χ1v) is 9.52. The molecule has 0 radical (unpaired) electrons. The molecule has 0 aromatic rings. The first-order chi connectivity index (χ1) is 8.62. The average Bonchev–Trinajstić information content (AvgIpc) is 2.34. The molecule has 0 fully saturated rings. The standard InChI is InChI=1S/C12H29ClNO3P/c1-2-3-4-5-6-7-9-14-10-12-18(15,16)17-11-8-13/h14-16,18H,2-12H2,1H3. The van der Waals surface area contributed by atoms with Gasteiger partial charge in [-0.25, -0.2) is 0 Å². The molecule has 0 heterocycles. The quantitative estimate of drug-likeness (QED) is 0.278. The molecule has 0 bridgehead atoms. The summed E-state index contributed by atoms with van der Waals surface area (Å²) in [6.07, 6.45) is 7.92. The molecule has 0 saturated heterocycles. The van der Waals surface area contributed by atoms with Crippen LogP contribution in [-0.2, 0) is 4.52 Å². The van der Waals surface area contributed by atoms with Crippen molar-refractivity contribution in [1.82, 2.24) is 5.32 Å². The van der Waals surface area contributed by atoms with Gasteiger partial charge in [0.2, 0.25) is 0 Å². The summed E-state index contributed by atoms with van der Waals surface area (Å²) in [5.41, 5.74) is 0. The topological polar surface area (TPSA) is 61.7 Å². The van der Waals surface area contributed by atoms with Crippen LogP contribution in [0.1, 0.15) is 45.4 Å². The zero-order chi connectivity index (χ0) is 13.7. The molecule has 112 valence electrons. The Morgan fingerprint density at radius 2 is 1.72 bits per heavy atom. The molecule has 0 aromatic heterocycles. The zero-order valence-corrected chi connectivity index (χ0v) is 13.2. The summed E-state index contributed by atoms with van der Waals surface area (Å²) in [5, 5.41) is 3.21. The van der Waals surface area contributed by atoms with E-state index in [9.17, 15) is 9.79 Å². The predicted octanol–water partition coefficient (Wildman–Crippen LogP) is 2.67. The number of halogens is 1. The van der Waals surface area contributed by atoms with Crippen LogP contribution < -0.4 is 5.32 Å². The Kier molecular flexibility index (Phi) is 13.0. The van der Waals surface area contributed by atoms with Crippen molar-refractivity contribution in [2.24, 2.45) is 0 Å². The van der Waals surface area contributed by atoms with Crippen molar-refractivity contribution in [2.45, 2.75) is 45.4 Å². The van der Waals surface area contributed by atoms with E-state index in [-0.39, 0.29) is 6.61 Å². The van der Waals surface area contributed by atoms with E-state index in [1.54, 1.807) is 0 Å². The molecule has 0 aliphatic rings. The van der Waals surface area contributed by atoms with Crippen LogP contribution in [0.15, 0.2) is 0 Å². The van der Waals surface area contributed by atoms with Crippen molar-refractivity contribution in [2.75, 3.05) is 31.7 Å². The van der Waals surface area contributed by atoms with Gasteiger partial charge in [-0.15, -0.1) is 0 Å². The molecule has 0 aromatic carbocycles. The van der Waals surface area contributed by atoms with Gasteiger partial charge in [0.05, 0.1) is 0 Å². The SMILES string of the molecule is CCCCCCCCNCC[PH](O)(O)OCCCl. The number of rotatable bonds is 13. The monoisotopic (exact) mass is 301 g/mol. The van der Waals surface area contributed by atoms with Crippen molar-refractivity contribution < 1.29 is 14.3 Å². The Morgan fingerprint density at radius 3 is 2.39 bits per heavy atom. The minimum atomic E-state index is -3.46. The summed E-state index contributed by atoms with van der Waals surface area (Å²) in [6.45, 7) is 3.95. The Bertz CT molecular complexity index is 185. The van der Waals surface area contributed by atoms with Crippen LogP contribution in [-0.4, -0.2) is 41.5 Å². The number of hydrogen-bond donors (Lipinski definition) is 3. The van der Waals surface area contributed by atoms with E-state index in [2.05, 4.69) is 12.2 Å². The van der Waals surface area contributed by atoms with Crippen LogP contribution in [0.4, 0.5) is 0 Å². The number of alkyl halides is 1. The van der Waals surface area contributed by atoms with Crippen molar-refractivity contribution in [1.29, 1.82) is 0 Å². The molecular weight excluding hydrogens is 273 g/mol. The Hall–Kier alpha value is 0.560. The fraction of sp³-hybridized carbons (Fsp3) is 1.00. The molecule has 4 nitrogen and oxygen atoms in total. The van der Waals surface area contributed by atoms with Gasteiger partial charge in [0, 0.05) is 0 Å².